The van der Waals surface area contributed by atoms with E-state index in [4.69, 9.17) is 10.1 Å². The second kappa shape index (κ2) is 10.3. The zero-order chi connectivity index (χ0) is 20.1. The van der Waals surface area contributed by atoms with Crippen molar-refractivity contribution >= 4 is 16.7 Å². The van der Waals surface area contributed by atoms with Gasteiger partial charge < -0.3 is 5.11 Å². The molecule has 0 saturated heterocycles. The number of carbonyl (C=O) groups excluding carboxylic acids is 1. The molecular formula is C24H26IrNO2-. The normalized spacial score (nSPS) is 10.7. The number of carbonyl (C=O) groups is 1. The quantitative estimate of drug-likeness (QED) is 0.242. The Kier molecular flexibility index (Phi) is 8.74. The van der Waals surface area contributed by atoms with Crippen molar-refractivity contribution in [3.8, 4) is 11.3 Å². The fourth-order valence-corrected chi connectivity index (χ4v) is 2.99. The fraction of sp³-hybridized carbons (Fsp3) is 0.250. The van der Waals surface area contributed by atoms with Gasteiger partial charge in [-0.15, -0.1) is 34.9 Å². The summed E-state index contributed by atoms with van der Waals surface area (Å²) in [6, 6.07) is 16.3. The molecule has 0 fully saturated rings. The number of nitrogens with zero attached hydrogens (tertiary/aromatic N) is 1. The van der Waals surface area contributed by atoms with Crippen LogP contribution in [0.5, 0.6) is 0 Å². The van der Waals surface area contributed by atoms with Gasteiger partial charge in [0.25, 0.3) is 0 Å². The van der Waals surface area contributed by atoms with Gasteiger partial charge in [0.1, 0.15) is 0 Å². The fourth-order valence-electron chi connectivity index (χ4n) is 2.99. The minimum Gasteiger partial charge on any atom is -0.512 e. The molecular weight excluding hydrogens is 526 g/mol. The van der Waals surface area contributed by atoms with Crippen molar-refractivity contribution in [3.05, 3.63) is 76.6 Å². The number of rotatable bonds is 2. The van der Waals surface area contributed by atoms with Crippen LogP contribution in [0.15, 0.2) is 48.2 Å². The van der Waals surface area contributed by atoms with E-state index in [9.17, 15) is 4.79 Å². The number of ketones is 1. The second-order valence-corrected chi connectivity index (χ2v) is 7.00. The third-order valence-electron chi connectivity index (χ3n) is 3.98. The van der Waals surface area contributed by atoms with E-state index in [1.807, 2.05) is 0 Å². The van der Waals surface area contributed by atoms with Gasteiger partial charge in [0.15, 0.2) is 5.78 Å². The largest absolute Gasteiger partial charge is 0.512 e. The average molecular weight is 553 g/mol. The van der Waals surface area contributed by atoms with Crippen molar-refractivity contribution in [1.82, 2.24) is 4.98 Å². The Bertz CT molecular complexity index is 998. The molecule has 1 heterocycles. The van der Waals surface area contributed by atoms with Crippen molar-refractivity contribution < 1.29 is 30.0 Å². The van der Waals surface area contributed by atoms with Crippen LogP contribution in [0, 0.1) is 33.8 Å². The molecule has 1 radical (unpaired) electrons. The standard InChI is InChI=1S/C19H18N.C5H8O2.Ir/c1-12-5-6-18-16(8-12)11-15(4)19(20-18)17-9-13(2)7-14(3)10-17;1-4(6)3-5(2)7;/h5-9,11H,1-4H3;3,6H,1-2H3;/q-1;;/b;4-3-;. The Hall–Kier alpha value is -2.29. The molecule has 4 heteroatoms. The molecule has 0 unspecified atom stereocenters. The zero-order valence-electron chi connectivity index (χ0n) is 17.2. The molecule has 2 aromatic carbocycles. The second-order valence-electron chi connectivity index (χ2n) is 7.00. The number of hydrogen-bond acceptors (Lipinski definition) is 3. The zero-order valence-corrected chi connectivity index (χ0v) is 19.6. The Labute approximate surface area is 180 Å². The summed E-state index contributed by atoms with van der Waals surface area (Å²) in [6.45, 7) is 11.3. The molecule has 0 atom stereocenters. The van der Waals surface area contributed by atoms with Crippen LogP contribution in [-0.4, -0.2) is 15.9 Å². The van der Waals surface area contributed by atoms with E-state index < -0.39 is 0 Å². The van der Waals surface area contributed by atoms with Gasteiger partial charge in [-0.3, -0.25) is 9.78 Å². The first kappa shape index (κ1) is 23.7. The van der Waals surface area contributed by atoms with Crippen LogP contribution in [-0.2, 0) is 24.9 Å². The van der Waals surface area contributed by atoms with Gasteiger partial charge >= 0.3 is 0 Å². The van der Waals surface area contributed by atoms with Crippen LogP contribution in [0.4, 0.5) is 0 Å². The Balaban J connectivity index is 0.000000425. The van der Waals surface area contributed by atoms with Gasteiger partial charge in [0, 0.05) is 26.2 Å². The van der Waals surface area contributed by atoms with Crippen molar-refractivity contribution in [1.29, 1.82) is 0 Å². The molecule has 1 aromatic heterocycles. The van der Waals surface area contributed by atoms with E-state index in [1.165, 1.54) is 42.0 Å². The van der Waals surface area contributed by atoms with Crippen LogP contribution >= 0.6 is 0 Å². The number of allylic oxidation sites excluding steroid dienone is 2. The van der Waals surface area contributed by atoms with Gasteiger partial charge in [-0.25, -0.2) is 0 Å². The predicted molar refractivity (Wildman–Crippen MR) is 112 cm³/mol. The van der Waals surface area contributed by atoms with Crippen LogP contribution in [0.3, 0.4) is 0 Å². The topological polar surface area (TPSA) is 50.2 Å². The number of benzene rings is 2. The maximum atomic E-state index is 10.0. The summed E-state index contributed by atoms with van der Waals surface area (Å²) in [6.07, 6.45) is 1.17. The van der Waals surface area contributed by atoms with E-state index in [0.717, 1.165) is 22.3 Å². The summed E-state index contributed by atoms with van der Waals surface area (Å²) in [7, 11) is 0. The first-order chi connectivity index (χ1) is 12.7. The summed E-state index contributed by atoms with van der Waals surface area (Å²) in [5, 5.41) is 9.57. The molecule has 3 aromatic rings. The summed E-state index contributed by atoms with van der Waals surface area (Å²) >= 11 is 0. The smallest absolute Gasteiger partial charge is 0.155 e. The van der Waals surface area contributed by atoms with E-state index in [1.54, 1.807) is 0 Å². The van der Waals surface area contributed by atoms with E-state index >= 15 is 0 Å². The molecule has 0 aliphatic carbocycles. The molecule has 3 nitrogen and oxygen atoms in total. The van der Waals surface area contributed by atoms with Crippen molar-refractivity contribution in [2.45, 2.75) is 41.5 Å². The number of aliphatic hydroxyl groups excluding tert-OH is 1. The average Bonchev–Trinajstić information content (AvgIpc) is 2.52. The Morgan fingerprint density at radius 1 is 1.00 bits per heavy atom. The maximum Gasteiger partial charge on any atom is 0.155 e. The van der Waals surface area contributed by atoms with Gasteiger partial charge in [-0.05, 0) is 50.9 Å². The third-order valence-corrected chi connectivity index (χ3v) is 3.98. The number of pyridine rings is 1. The molecule has 0 bridgehead atoms. The molecule has 0 amide bonds. The van der Waals surface area contributed by atoms with Crippen LogP contribution in [0.1, 0.15) is 36.1 Å². The number of aryl methyl sites for hydroxylation is 4. The summed E-state index contributed by atoms with van der Waals surface area (Å²) in [5.74, 6) is -0.0625. The minimum atomic E-state index is -0.125. The minimum absolute atomic E-state index is 0. The first-order valence-corrected chi connectivity index (χ1v) is 8.92. The van der Waals surface area contributed by atoms with Crippen LogP contribution in [0.2, 0.25) is 0 Å². The molecule has 0 aliphatic heterocycles. The van der Waals surface area contributed by atoms with E-state index in [2.05, 4.69) is 70.2 Å². The van der Waals surface area contributed by atoms with Gasteiger partial charge in [0.2, 0.25) is 0 Å². The summed E-state index contributed by atoms with van der Waals surface area (Å²) in [5.41, 5.74) is 8.04. The van der Waals surface area contributed by atoms with Crippen molar-refractivity contribution in [3.63, 3.8) is 0 Å². The molecule has 3 rings (SSSR count). The van der Waals surface area contributed by atoms with Crippen molar-refractivity contribution in [2.75, 3.05) is 0 Å². The van der Waals surface area contributed by atoms with E-state index in [-0.39, 0.29) is 31.6 Å². The van der Waals surface area contributed by atoms with Gasteiger partial charge in [-0.2, -0.15) is 0 Å². The Morgan fingerprint density at radius 2 is 1.68 bits per heavy atom. The van der Waals surface area contributed by atoms with Gasteiger partial charge in [0.05, 0.1) is 11.3 Å². The molecule has 0 aliphatic rings. The Morgan fingerprint density at radius 3 is 2.21 bits per heavy atom. The number of aliphatic hydroxyl groups is 1. The number of hydrogen-bond donors (Lipinski definition) is 1. The summed E-state index contributed by atoms with van der Waals surface area (Å²) in [4.78, 5) is 14.9. The molecule has 0 saturated carbocycles. The third kappa shape index (κ3) is 6.70. The maximum absolute atomic E-state index is 10.0. The molecule has 1 N–H and O–H groups in total. The van der Waals surface area contributed by atoms with Crippen molar-refractivity contribution in [2.24, 2.45) is 0 Å². The van der Waals surface area contributed by atoms with Gasteiger partial charge in [-0.1, -0.05) is 37.1 Å². The predicted octanol–water partition coefficient (Wildman–Crippen LogP) is 5.97. The SMILES string of the molecule is CC(=O)/C=C(/C)O.Cc1[c-]c(-c2nc3ccc(C)cc3cc2C)cc(C)c1.[Ir]. The number of fused-ring (bicyclic) bond motifs is 1. The molecule has 28 heavy (non-hydrogen) atoms. The van der Waals surface area contributed by atoms with Crippen LogP contribution in [0.25, 0.3) is 22.2 Å². The monoisotopic (exact) mass is 553 g/mol. The van der Waals surface area contributed by atoms with Crippen LogP contribution < -0.4 is 0 Å². The summed E-state index contributed by atoms with van der Waals surface area (Å²) < 4.78 is 0. The number of aromatic nitrogens is 1. The first-order valence-electron chi connectivity index (χ1n) is 8.92. The van der Waals surface area contributed by atoms with E-state index in [0.29, 0.717) is 0 Å². The molecule has 0 spiro atoms. The molecule has 149 valence electrons.